The Morgan fingerprint density at radius 1 is 1.37 bits per heavy atom. The van der Waals surface area contributed by atoms with Gasteiger partial charge in [0.25, 0.3) is 0 Å². The van der Waals surface area contributed by atoms with Crippen molar-refractivity contribution < 1.29 is 4.74 Å². The van der Waals surface area contributed by atoms with Gasteiger partial charge in [0, 0.05) is 23.5 Å². The predicted molar refractivity (Wildman–Crippen MR) is 81.5 cm³/mol. The number of rotatable bonds is 1. The fourth-order valence-electron chi connectivity index (χ4n) is 3.91. The van der Waals surface area contributed by atoms with E-state index in [2.05, 4.69) is 52.4 Å². The predicted octanol–water partition coefficient (Wildman–Crippen LogP) is 3.71. The molecule has 1 aromatic carbocycles. The zero-order valence-electron chi connectivity index (χ0n) is 11.5. The molecule has 0 amide bonds. The molecule has 0 saturated carbocycles. The molecule has 2 fully saturated rings. The molecule has 19 heavy (non-hydrogen) atoms. The maximum Gasteiger partial charge on any atom is 0.0552 e. The third-order valence-corrected chi connectivity index (χ3v) is 5.33. The van der Waals surface area contributed by atoms with E-state index in [-0.39, 0.29) is 0 Å². The minimum Gasteiger partial charge on any atom is -0.378 e. The molecule has 2 aliphatic heterocycles. The molecule has 1 spiro atoms. The van der Waals surface area contributed by atoms with E-state index >= 15 is 0 Å². The number of halogens is 1. The highest BCUT2D eigenvalue weighted by molar-refractivity contribution is 9.10. The monoisotopic (exact) mass is 323 g/mol. The van der Waals surface area contributed by atoms with E-state index in [1.54, 1.807) is 0 Å². The molecule has 1 N–H and O–H groups in total. The van der Waals surface area contributed by atoms with E-state index in [9.17, 15) is 0 Å². The molecular formula is C16H22BrNO. The average molecular weight is 324 g/mol. The summed E-state index contributed by atoms with van der Waals surface area (Å²) in [7, 11) is 0. The maximum absolute atomic E-state index is 5.78. The molecule has 3 rings (SSSR count). The standard InChI is InChI=1S/C16H22BrNO/c1-12-10-16(6-8-19-12)5-7-18-11-15(16)13-3-2-4-14(17)9-13/h2-4,9,12,15,18H,5-8,10-11H2,1H3. The first-order chi connectivity index (χ1) is 9.20. The second-order valence-corrected chi connectivity index (χ2v) is 6.98. The summed E-state index contributed by atoms with van der Waals surface area (Å²) in [5.74, 6) is 0.616. The molecule has 1 aromatic rings. The Hall–Kier alpha value is -0.380. The summed E-state index contributed by atoms with van der Waals surface area (Å²) in [4.78, 5) is 0. The normalized spacial score (nSPS) is 35.5. The van der Waals surface area contributed by atoms with E-state index in [1.807, 2.05) is 0 Å². The molecule has 3 heteroatoms. The van der Waals surface area contributed by atoms with Crippen molar-refractivity contribution in [2.45, 2.75) is 38.2 Å². The van der Waals surface area contributed by atoms with Crippen LogP contribution < -0.4 is 5.32 Å². The Morgan fingerprint density at radius 3 is 3.05 bits per heavy atom. The minimum absolute atomic E-state index is 0.404. The van der Waals surface area contributed by atoms with Gasteiger partial charge in [-0.3, -0.25) is 0 Å². The van der Waals surface area contributed by atoms with E-state index in [0.29, 0.717) is 17.4 Å². The Kier molecular flexibility index (Phi) is 3.97. The van der Waals surface area contributed by atoms with Crippen LogP contribution in [-0.2, 0) is 4.74 Å². The highest BCUT2D eigenvalue weighted by Gasteiger charge is 2.44. The average Bonchev–Trinajstić information content (AvgIpc) is 2.39. The van der Waals surface area contributed by atoms with Crippen LogP contribution in [0.25, 0.3) is 0 Å². The molecule has 0 aliphatic carbocycles. The molecule has 3 atom stereocenters. The quantitative estimate of drug-likeness (QED) is 0.850. The molecule has 3 unspecified atom stereocenters. The molecule has 0 bridgehead atoms. The van der Waals surface area contributed by atoms with Gasteiger partial charge in [0.15, 0.2) is 0 Å². The van der Waals surface area contributed by atoms with Crippen LogP contribution in [0.2, 0.25) is 0 Å². The van der Waals surface area contributed by atoms with Gasteiger partial charge < -0.3 is 10.1 Å². The highest BCUT2D eigenvalue weighted by Crippen LogP contribution is 2.49. The van der Waals surface area contributed by atoms with Gasteiger partial charge in [-0.2, -0.15) is 0 Å². The van der Waals surface area contributed by atoms with Gasteiger partial charge in [-0.25, -0.2) is 0 Å². The van der Waals surface area contributed by atoms with Crippen molar-refractivity contribution in [1.29, 1.82) is 0 Å². The first-order valence-corrected chi connectivity index (χ1v) is 8.07. The molecule has 2 aliphatic rings. The number of benzene rings is 1. The lowest BCUT2D eigenvalue weighted by Crippen LogP contribution is -2.48. The second kappa shape index (κ2) is 5.55. The Labute approximate surface area is 124 Å². The molecule has 2 saturated heterocycles. The van der Waals surface area contributed by atoms with Crippen LogP contribution in [0.5, 0.6) is 0 Å². The summed E-state index contributed by atoms with van der Waals surface area (Å²) < 4.78 is 6.97. The molecule has 2 nitrogen and oxygen atoms in total. The highest BCUT2D eigenvalue weighted by atomic mass is 79.9. The van der Waals surface area contributed by atoms with Crippen molar-refractivity contribution in [2.24, 2.45) is 5.41 Å². The van der Waals surface area contributed by atoms with Gasteiger partial charge in [-0.1, -0.05) is 28.1 Å². The third kappa shape index (κ3) is 2.74. The topological polar surface area (TPSA) is 21.3 Å². The number of ether oxygens (including phenoxy) is 1. The third-order valence-electron chi connectivity index (χ3n) is 4.83. The van der Waals surface area contributed by atoms with Crippen molar-refractivity contribution in [2.75, 3.05) is 19.7 Å². The Balaban J connectivity index is 1.92. The van der Waals surface area contributed by atoms with Crippen LogP contribution >= 0.6 is 15.9 Å². The van der Waals surface area contributed by atoms with Crippen molar-refractivity contribution in [3.05, 3.63) is 34.3 Å². The van der Waals surface area contributed by atoms with Crippen LogP contribution in [0, 0.1) is 5.41 Å². The second-order valence-electron chi connectivity index (χ2n) is 6.06. The van der Waals surface area contributed by atoms with Crippen LogP contribution in [0.4, 0.5) is 0 Å². The lowest BCUT2D eigenvalue weighted by Gasteiger charge is -2.49. The van der Waals surface area contributed by atoms with Gasteiger partial charge in [0.05, 0.1) is 6.10 Å². The summed E-state index contributed by atoms with van der Waals surface area (Å²) in [5.41, 5.74) is 1.90. The smallest absolute Gasteiger partial charge is 0.0552 e. The number of hydrogen-bond donors (Lipinski definition) is 1. The molecular weight excluding hydrogens is 302 g/mol. The molecule has 0 aromatic heterocycles. The van der Waals surface area contributed by atoms with Crippen LogP contribution in [0.1, 0.15) is 37.7 Å². The molecule has 104 valence electrons. The molecule has 0 radical (unpaired) electrons. The minimum atomic E-state index is 0.404. The van der Waals surface area contributed by atoms with Crippen molar-refractivity contribution in [3.63, 3.8) is 0 Å². The maximum atomic E-state index is 5.78. The summed E-state index contributed by atoms with van der Waals surface area (Å²) in [6, 6.07) is 8.84. The lowest BCUT2D eigenvalue weighted by molar-refractivity contribution is -0.0596. The fraction of sp³-hybridized carbons (Fsp3) is 0.625. The van der Waals surface area contributed by atoms with Crippen LogP contribution in [-0.4, -0.2) is 25.8 Å². The van der Waals surface area contributed by atoms with Gasteiger partial charge in [0.1, 0.15) is 0 Å². The summed E-state index contributed by atoms with van der Waals surface area (Å²) in [6.07, 6.45) is 4.08. The summed E-state index contributed by atoms with van der Waals surface area (Å²) in [6.45, 7) is 5.40. The van der Waals surface area contributed by atoms with E-state index < -0.39 is 0 Å². The largest absolute Gasteiger partial charge is 0.378 e. The van der Waals surface area contributed by atoms with Crippen LogP contribution in [0.3, 0.4) is 0 Å². The number of hydrogen-bond acceptors (Lipinski definition) is 2. The van der Waals surface area contributed by atoms with Gasteiger partial charge in [0.2, 0.25) is 0 Å². The first kappa shape index (κ1) is 13.6. The van der Waals surface area contributed by atoms with E-state index in [1.165, 1.54) is 29.3 Å². The van der Waals surface area contributed by atoms with E-state index in [4.69, 9.17) is 4.74 Å². The van der Waals surface area contributed by atoms with E-state index in [0.717, 1.165) is 19.7 Å². The summed E-state index contributed by atoms with van der Waals surface area (Å²) in [5, 5.41) is 3.58. The number of nitrogens with one attached hydrogen (secondary N) is 1. The SMILES string of the molecule is CC1CC2(CCNCC2c2cccc(Br)c2)CCO1. The zero-order chi connectivity index (χ0) is 13.3. The zero-order valence-corrected chi connectivity index (χ0v) is 13.1. The van der Waals surface area contributed by atoms with Gasteiger partial charge in [-0.05, 0) is 55.8 Å². The molecule has 2 heterocycles. The Bertz CT molecular complexity index is 446. The Morgan fingerprint density at radius 2 is 2.26 bits per heavy atom. The first-order valence-electron chi connectivity index (χ1n) is 7.27. The van der Waals surface area contributed by atoms with Crippen LogP contribution in [0.15, 0.2) is 28.7 Å². The fourth-order valence-corrected chi connectivity index (χ4v) is 4.33. The number of piperidine rings is 1. The van der Waals surface area contributed by atoms with Crippen molar-refractivity contribution in [3.8, 4) is 0 Å². The van der Waals surface area contributed by atoms with Crippen molar-refractivity contribution in [1.82, 2.24) is 5.32 Å². The van der Waals surface area contributed by atoms with Crippen molar-refractivity contribution >= 4 is 15.9 Å². The van der Waals surface area contributed by atoms with Gasteiger partial charge in [-0.15, -0.1) is 0 Å². The lowest BCUT2D eigenvalue weighted by atomic mass is 9.62. The van der Waals surface area contributed by atoms with Gasteiger partial charge >= 0.3 is 0 Å². The summed E-state index contributed by atoms with van der Waals surface area (Å²) >= 11 is 3.61.